The Kier molecular flexibility index (Phi) is 4.78. The number of para-hydroxylation sites is 2. The van der Waals surface area contributed by atoms with Gasteiger partial charge >= 0.3 is 0 Å². The van der Waals surface area contributed by atoms with Gasteiger partial charge in [0.05, 0.1) is 26.1 Å². The SMILES string of the molecule is COc1ccccc1N1CN(Cc2ccc3c(c2)OCO3)Cn2c1nc(C)c(C)c2=O. The summed E-state index contributed by atoms with van der Waals surface area (Å²) in [4.78, 5) is 22.1. The Bertz CT molecular complexity index is 1210. The third kappa shape index (κ3) is 3.38. The predicted octanol–water partition coefficient (Wildman–Crippen LogP) is 3.17. The molecular weight excluding hydrogens is 396 g/mol. The fourth-order valence-electron chi connectivity index (χ4n) is 4.02. The van der Waals surface area contributed by atoms with Gasteiger partial charge in [0.2, 0.25) is 12.7 Å². The van der Waals surface area contributed by atoms with E-state index in [-0.39, 0.29) is 12.4 Å². The van der Waals surface area contributed by atoms with Crippen LogP contribution in [0.2, 0.25) is 0 Å². The summed E-state index contributed by atoms with van der Waals surface area (Å²) in [6.45, 7) is 5.59. The Labute approximate surface area is 180 Å². The van der Waals surface area contributed by atoms with Crippen LogP contribution in [-0.4, -0.2) is 35.0 Å². The highest BCUT2D eigenvalue weighted by Crippen LogP contribution is 2.36. The Morgan fingerprint density at radius 2 is 1.87 bits per heavy atom. The molecule has 0 atom stereocenters. The molecule has 0 N–H and O–H groups in total. The van der Waals surface area contributed by atoms with Crippen molar-refractivity contribution in [3.63, 3.8) is 0 Å². The van der Waals surface area contributed by atoms with E-state index < -0.39 is 0 Å². The Balaban J connectivity index is 1.56. The second-order valence-electron chi connectivity index (χ2n) is 7.75. The van der Waals surface area contributed by atoms with E-state index >= 15 is 0 Å². The van der Waals surface area contributed by atoms with Crippen molar-refractivity contribution in [1.29, 1.82) is 0 Å². The van der Waals surface area contributed by atoms with Gasteiger partial charge in [-0.2, -0.15) is 0 Å². The summed E-state index contributed by atoms with van der Waals surface area (Å²) >= 11 is 0. The van der Waals surface area contributed by atoms with Gasteiger partial charge in [-0.15, -0.1) is 0 Å². The van der Waals surface area contributed by atoms with Gasteiger partial charge in [-0.3, -0.25) is 19.2 Å². The topological polar surface area (TPSA) is 69.1 Å². The average Bonchev–Trinajstić information content (AvgIpc) is 3.25. The zero-order valence-corrected chi connectivity index (χ0v) is 17.8. The van der Waals surface area contributed by atoms with Crippen LogP contribution in [0, 0.1) is 13.8 Å². The largest absolute Gasteiger partial charge is 0.495 e. The van der Waals surface area contributed by atoms with Crippen LogP contribution in [0.5, 0.6) is 17.2 Å². The second-order valence-corrected chi connectivity index (χ2v) is 7.75. The first-order chi connectivity index (χ1) is 15.0. The van der Waals surface area contributed by atoms with Crippen LogP contribution in [0.4, 0.5) is 11.6 Å². The van der Waals surface area contributed by atoms with E-state index in [1.54, 1.807) is 11.7 Å². The molecule has 8 nitrogen and oxygen atoms in total. The normalized spacial score (nSPS) is 15.1. The molecular formula is C23H24N4O4. The highest BCUT2D eigenvalue weighted by atomic mass is 16.7. The zero-order valence-electron chi connectivity index (χ0n) is 17.8. The van der Waals surface area contributed by atoms with E-state index in [0.29, 0.717) is 31.4 Å². The minimum Gasteiger partial charge on any atom is -0.495 e. The van der Waals surface area contributed by atoms with E-state index in [4.69, 9.17) is 19.2 Å². The predicted molar refractivity (Wildman–Crippen MR) is 116 cm³/mol. The number of fused-ring (bicyclic) bond motifs is 2. The fourth-order valence-corrected chi connectivity index (χ4v) is 4.02. The number of benzene rings is 2. The van der Waals surface area contributed by atoms with E-state index in [2.05, 4.69) is 4.90 Å². The van der Waals surface area contributed by atoms with Crippen LogP contribution in [-0.2, 0) is 13.2 Å². The Hall–Kier alpha value is -3.52. The molecule has 3 aromatic rings. The Morgan fingerprint density at radius 3 is 2.71 bits per heavy atom. The lowest BCUT2D eigenvalue weighted by Crippen LogP contribution is -2.47. The molecule has 1 aromatic heterocycles. The van der Waals surface area contributed by atoms with Crippen molar-refractivity contribution >= 4 is 11.6 Å². The van der Waals surface area contributed by atoms with Crippen molar-refractivity contribution in [2.75, 3.05) is 25.5 Å². The van der Waals surface area contributed by atoms with Crippen LogP contribution in [0.3, 0.4) is 0 Å². The van der Waals surface area contributed by atoms with Crippen LogP contribution >= 0.6 is 0 Å². The number of anilines is 2. The first-order valence-corrected chi connectivity index (χ1v) is 10.1. The van der Waals surface area contributed by atoms with Crippen LogP contribution < -0.4 is 24.7 Å². The van der Waals surface area contributed by atoms with Gasteiger partial charge in [0, 0.05) is 17.8 Å². The van der Waals surface area contributed by atoms with Gasteiger partial charge in [-0.1, -0.05) is 18.2 Å². The van der Waals surface area contributed by atoms with Crippen LogP contribution in [0.1, 0.15) is 16.8 Å². The van der Waals surface area contributed by atoms with E-state index in [1.807, 2.05) is 61.2 Å². The number of hydrogen-bond acceptors (Lipinski definition) is 7. The summed E-state index contributed by atoms with van der Waals surface area (Å²) in [6, 6.07) is 13.7. The molecule has 3 heterocycles. The van der Waals surface area contributed by atoms with Crippen molar-refractivity contribution in [1.82, 2.24) is 14.5 Å². The summed E-state index contributed by atoms with van der Waals surface area (Å²) in [5, 5.41) is 0. The van der Waals surface area contributed by atoms with Crippen molar-refractivity contribution in [2.24, 2.45) is 0 Å². The summed E-state index contributed by atoms with van der Waals surface area (Å²) in [7, 11) is 1.65. The second kappa shape index (κ2) is 7.63. The molecule has 5 rings (SSSR count). The Morgan fingerprint density at radius 1 is 1.06 bits per heavy atom. The van der Waals surface area contributed by atoms with E-state index in [0.717, 1.165) is 34.2 Å². The summed E-state index contributed by atoms with van der Waals surface area (Å²) in [6.07, 6.45) is 0. The minimum atomic E-state index is -0.0298. The number of nitrogens with zero attached hydrogens (tertiary/aromatic N) is 4. The van der Waals surface area contributed by atoms with Crippen molar-refractivity contribution in [3.8, 4) is 17.2 Å². The third-order valence-corrected chi connectivity index (χ3v) is 5.76. The quantitative estimate of drug-likeness (QED) is 0.642. The molecule has 0 radical (unpaired) electrons. The standard InChI is InChI=1S/C23H24N4O4/c1-15-16(2)24-23-26(18-6-4-5-7-19(18)29-3)12-25(13-27(23)22(15)28)11-17-8-9-20-21(10-17)31-14-30-20/h4-10H,11-14H2,1-3H3. The van der Waals surface area contributed by atoms with Gasteiger partial charge in [-0.05, 0) is 43.7 Å². The van der Waals surface area contributed by atoms with Crippen LogP contribution in [0.25, 0.3) is 0 Å². The molecule has 0 bridgehead atoms. The van der Waals surface area contributed by atoms with Gasteiger partial charge < -0.3 is 14.2 Å². The number of methoxy groups -OCH3 is 1. The van der Waals surface area contributed by atoms with Gasteiger partial charge in [0.15, 0.2) is 11.5 Å². The summed E-state index contributed by atoms with van der Waals surface area (Å²) in [5.74, 6) is 2.86. The van der Waals surface area contributed by atoms with Crippen LogP contribution in [0.15, 0.2) is 47.3 Å². The molecule has 160 valence electrons. The zero-order chi connectivity index (χ0) is 21.5. The average molecular weight is 420 g/mol. The molecule has 0 saturated carbocycles. The van der Waals surface area contributed by atoms with Gasteiger partial charge in [0.1, 0.15) is 5.75 Å². The highest BCUT2D eigenvalue weighted by molar-refractivity contribution is 5.66. The molecule has 2 aromatic carbocycles. The first kappa shape index (κ1) is 19.4. The summed E-state index contributed by atoms with van der Waals surface area (Å²) in [5.41, 5.74) is 3.31. The highest BCUT2D eigenvalue weighted by Gasteiger charge is 2.29. The first-order valence-electron chi connectivity index (χ1n) is 10.1. The third-order valence-electron chi connectivity index (χ3n) is 5.76. The van der Waals surface area contributed by atoms with Gasteiger partial charge in [0.25, 0.3) is 5.56 Å². The lowest BCUT2D eigenvalue weighted by atomic mass is 10.2. The number of rotatable bonds is 4. The fraction of sp³-hybridized carbons (Fsp3) is 0.304. The molecule has 2 aliphatic rings. The van der Waals surface area contributed by atoms with Gasteiger partial charge in [-0.25, -0.2) is 4.98 Å². The number of aromatic nitrogens is 2. The molecule has 0 unspecified atom stereocenters. The maximum Gasteiger partial charge on any atom is 0.259 e. The van der Waals surface area contributed by atoms with E-state index in [9.17, 15) is 4.79 Å². The maximum atomic E-state index is 13.1. The summed E-state index contributed by atoms with van der Waals surface area (Å²) < 4.78 is 18.3. The maximum absolute atomic E-state index is 13.1. The van der Waals surface area contributed by atoms with Crippen molar-refractivity contribution < 1.29 is 14.2 Å². The molecule has 2 aliphatic heterocycles. The van der Waals surface area contributed by atoms with Crippen molar-refractivity contribution in [2.45, 2.75) is 27.1 Å². The lowest BCUT2D eigenvalue weighted by molar-refractivity contribution is 0.173. The molecule has 8 heteroatoms. The van der Waals surface area contributed by atoms with Crippen molar-refractivity contribution in [3.05, 3.63) is 69.6 Å². The number of hydrogen-bond donors (Lipinski definition) is 0. The molecule has 0 fully saturated rings. The molecule has 0 aliphatic carbocycles. The number of aryl methyl sites for hydroxylation is 1. The lowest BCUT2D eigenvalue weighted by Gasteiger charge is -2.38. The monoisotopic (exact) mass is 420 g/mol. The number of ether oxygens (including phenoxy) is 3. The molecule has 31 heavy (non-hydrogen) atoms. The minimum absolute atomic E-state index is 0.0298. The van der Waals surface area contributed by atoms with E-state index in [1.165, 1.54) is 0 Å². The molecule has 0 amide bonds. The smallest absolute Gasteiger partial charge is 0.259 e. The molecule has 0 saturated heterocycles. The molecule has 0 spiro atoms.